The zero-order valence-corrected chi connectivity index (χ0v) is 12.2. The largest absolute Gasteiger partial charge is 0.378 e. The van der Waals surface area contributed by atoms with E-state index in [-0.39, 0.29) is 5.54 Å². The SMILES string of the molecule is CC1(c2c#cccc2)CC(c2ccccc2)SC(N)=N1. The standard InChI is InChI=1S/C17H16N2S/c1-17(14-10-6-3-7-11-14)12-15(20-16(18)19-17)13-8-4-2-5-9-13/h2-6,8-10,15H,12H2,1H3,(H2,18,19). The molecule has 0 fully saturated rings. The third-order valence-electron chi connectivity index (χ3n) is 3.60. The Kier molecular flexibility index (Phi) is 3.42. The summed E-state index contributed by atoms with van der Waals surface area (Å²) in [5.41, 5.74) is 8.08. The highest BCUT2D eigenvalue weighted by atomic mass is 32.2. The highest BCUT2D eigenvalue weighted by molar-refractivity contribution is 8.14. The van der Waals surface area contributed by atoms with Crippen molar-refractivity contribution in [3.05, 3.63) is 71.8 Å². The topological polar surface area (TPSA) is 38.4 Å². The monoisotopic (exact) mass is 280 g/mol. The lowest BCUT2D eigenvalue weighted by Crippen LogP contribution is -2.30. The van der Waals surface area contributed by atoms with E-state index in [0.29, 0.717) is 10.4 Å². The molecule has 0 spiro atoms. The summed E-state index contributed by atoms with van der Waals surface area (Å²) in [6.45, 7) is 2.12. The Bertz CT molecular complexity index is 609. The van der Waals surface area contributed by atoms with Crippen molar-refractivity contribution in [3.63, 3.8) is 0 Å². The van der Waals surface area contributed by atoms with Crippen LogP contribution in [0.2, 0.25) is 0 Å². The van der Waals surface area contributed by atoms with Crippen LogP contribution in [0.5, 0.6) is 0 Å². The number of thioether (sulfide) groups is 1. The molecule has 3 heteroatoms. The molecule has 1 aliphatic heterocycles. The highest BCUT2D eigenvalue weighted by Crippen LogP contribution is 2.45. The third kappa shape index (κ3) is 2.52. The Balaban J connectivity index is 1.96. The Labute approximate surface area is 124 Å². The number of hydrogen-bond acceptors (Lipinski definition) is 3. The van der Waals surface area contributed by atoms with E-state index in [1.165, 1.54) is 5.56 Å². The summed E-state index contributed by atoms with van der Waals surface area (Å²) in [6, 6.07) is 22.5. The van der Waals surface area contributed by atoms with Gasteiger partial charge in [-0.2, -0.15) is 0 Å². The molecule has 2 aromatic rings. The molecule has 2 unspecified atom stereocenters. The van der Waals surface area contributed by atoms with Gasteiger partial charge >= 0.3 is 0 Å². The molecule has 2 nitrogen and oxygen atoms in total. The van der Waals surface area contributed by atoms with Crippen molar-refractivity contribution in [2.75, 3.05) is 0 Å². The first-order valence-corrected chi connectivity index (χ1v) is 7.51. The lowest BCUT2D eigenvalue weighted by Gasteiger charge is -2.33. The quantitative estimate of drug-likeness (QED) is 0.911. The van der Waals surface area contributed by atoms with Gasteiger partial charge in [-0.3, -0.25) is 4.99 Å². The Morgan fingerprint density at radius 3 is 2.75 bits per heavy atom. The summed E-state index contributed by atoms with van der Waals surface area (Å²) >= 11 is 1.64. The summed E-state index contributed by atoms with van der Waals surface area (Å²) in [4.78, 5) is 4.67. The van der Waals surface area contributed by atoms with Crippen LogP contribution in [-0.4, -0.2) is 5.17 Å². The minimum Gasteiger partial charge on any atom is -0.378 e. The molecule has 1 aliphatic rings. The van der Waals surface area contributed by atoms with E-state index in [0.717, 1.165) is 12.0 Å². The van der Waals surface area contributed by atoms with Gasteiger partial charge in [-0.15, -0.1) is 0 Å². The van der Waals surface area contributed by atoms with Gasteiger partial charge in [0.1, 0.15) is 0 Å². The molecule has 0 aliphatic carbocycles. The first-order valence-electron chi connectivity index (χ1n) is 6.63. The Hall–Kier alpha value is -1.92. The van der Waals surface area contributed by atoms with E-state index in [9.17, 15) is 0 Å². The fourth-order valence-corrected chi connectivity index (χ4v) is 3.80. The fourth-order valence-electron chi connectivity index (χ4n) is 2.56. The van der Waals surface area contributed by atoms with E-state index in [2.05, 4.69) is 48.3 Å². The zero-order valence-electron chi connectivity index (χ0n) is 11.3. The zero-order chi connectivity index (χ0) is 14.0. The number of aliphatic imine (C=N–C) groups is 1. The molecule has 0 saturated heterocycles. The van der Waals surface area contributed by atoms with Crippen molar-refractivity contribution in [2.45, 2.75) is 24.1 Å². The van der Waals surface area contributed by atoms with Crippen molar-refractivity contribution in [1.29, 1.82) is 0 Å². The van der Waals surface area contributed by atoms with E-state index in [1.807, 2.05) is 24.3 Å². The molecule has 2 atom stereocenters. The molecule has 2 aromatic carbocycles. The second-order valence-electron chi connectivity index (χ2n) is 5.15. The normalized spacial score (nSPS) is 25.6. The second kappa shape index (κ2) is 5.22. The Morgan fingerprint density at radius 1 is 1.25 bits per heavy atom. The third-order valence-corrected chi connectivity index (χ3v) is 4.66. The molecule has 1 heterocycles. The smallest absolute Gasteiger partial charge is 0.155 e. The van der Waals surface area contributed by atoms with Gasteiger partial charge in [0.25, 0.3) is 0 Å². The minimum absolute atomic E-state index is 0.326. The Morgan fingerprint density at radius 2 is 2.05 bits per heavy atom. The molecule has 0 bridgehead atoms. The minimum atomic E-state index is -0.326. The number of amidine groups is 1. The first-order chi connectivity index (χ1) is 9.67. The maximum absolute atomic E-state index is 6.06. The summed E-state index contributed by atoms with van der Waals surface area (Å²) in [7, 11) is 0. The number of nitrogens with zero attached hydrogens (tertiary/aromatic N) is 1. The molecular weight excluding hydrogens is 264 g/mol. The molecule has 3 rings (SSSR count). The molecule has 2 N–H and O–H groups in total. The van der Waals surface area contributed by atoms with Gasteiger partial charge in [0.2, 0.25) is 0 Å². The van der Waals surface area contributed by atoms with Crippen LogP contribution in [0.1, 0.15) is 29.7 Å². The second-order valence-corrected chi connectivity index (χ2v) is 6.38. The van der Waals surface area contributed by atoms with E-state index in [1.54, 1.807) is 11.8 Å². The maximum Gasteiger partial charge on any atom is 0.155 e. The van der Waals surface area contributed by atoms with Gasteiger partial charge in [-0.05, 0) is 31.0 Å². The molecular formula is C17H16N2S. The lowest BCUT2D eigenvalue weighted by atomic mass is 9.87. The first kappa shape index (κ1) is 13.1. The van der Waals surface area contributed by atoms with Crippen molar-refractivity contribution in [1.82, 2.24) is 0 Å². The molecule has 0 saturated carbocycles. The van der Waals surface area contributed by atoms with Gasteiger partial charge in [0.05, 0.1) is 5.54 Å². The number of benzene rings is 1. The van der Waals surface area contributed by atoms with E-state index >= 15 is 0 Å². The predicted octanol–water partition coefficient (Wildman–Crippen LogP) is 3.70. The predicted molar refractivity (Wildman–Crippen MR) is 84.5 cm³/mol. The number of rotatable bonds is 2. The van der Waals surface area contributed by atoms with E-state index < -0.39 is 0 Å². The molecule has 0 aromatic heterocycles. The van der Waals surface area contributed by atoms with Crippen molar-refractivity contribution in [3.8, 4) is 0 Å². The number of hydrogen-bond donors (Lipinski definition) is 1. The number of nitrogens with two attached hydrogens (primary N) is 1. The average Bonchev–Trinajstić information content (AvgIpc) is 2.48. The molecule has 0 radical (unpaired) electrons. The molecule has 0 amide bonds. The summed E-state index contributed by atoms with van der Waals surface area (Å²) in [5.74, 6) is 0. The van der Waals surface area contributed by atoms with Crippen molar-refractivity contribution in [2.24, 2.45) is 10.7 Å². The van der Waals surface area contributed by atoms with Gasteiger partial charge < -0.3 is 5.73 Å². The average molecular weight is 280 g/mol. The summed E-state index contributed by atoms with van der Waals surface area (Å²) < 4.78 is 0. The summed E-state index contributed by atoms with van der Waals surface area (Å²) in [5, 5.41) is 0.970. The molecule has 100 valence electrons. The van der Waals surface area contributed by atoms with Crippen LogP contribution < -0.4 is 5.73 Å². The van der Waals surface area contributed by atoms with Gasteiger partial charge in [-0.25, -0.2) is 0 Å². The van der Waals surface area contributed by atoms with Crippen LogP contribution in [0, 0.1) is 12.1 Å². The van der Waals surface area contributed by atoms with Crippen LogP contribution >= 0.6 is 11.8 Å². The van der Waals surface area contributed by atoms with Crippen LogP contribution in [0.25, 0.3) is 0 Å². The van der Waals surface area contributed by atoms with Gasteiger partial charge in [0, 0.05) is 10.8 Å². The lowest BCUT2D eigenvalue weighted by molar-refractivity contribution is 0.448. The maximum atomic E-state index is 6.06. The van der Waals surface area contributed by atoms with Crippen LogP contribution in [-0.2, 0) is 5.54 Å². The van der Waals surface area contributed by atoms with Gasteiger partial charge in [0.15, 0.2) is 5.17 Å². The van der Waals surface area contributed by atoms with E-state index in [4.69, 9.17) is 5.73 Å². The van der Waals surface area contributed by atoms with Crippen LogP contribution in [0.15, 0.2) is 53.5 Å². The van der Waals surface area contributed by atoms with Crippen molar-refractivity contribution >= 4 is 16.9 Å². The van der Waals surface area contributed by atoms with Crippen LogP contribution in [0.3, 0.4) is 0 Å². The van der Waals surface area contributed by atoms with Gasteiger partial charge in [-0.1, -0.05) is 60.3 Å². The van der Waals surface area contributed by atoms with Crippen molar-refractivity contribution < 1.29 is 0 Å². The fraction of sp³-hybridized carbons (Fsp3) is 0.235. The summed E-state index contributed by atoms with van der Waals surface area (Å²) in [6.07, 6.45) is 0.913. The highest BCUT2D eigenvalue weighted by Gasteiger charge is 2.35. The molecule has 20 heavy (non-hydrogen) atoms. The van der Waals surface area contributed by atoms with Crippen LogP contribution in [0.4, 0.5) is 0 Å².